The van der Waals surface area contributed by atoms with Crippen LogP contribution in [0.2, 0.25) is 0 Å². The summed E-state index contributed by atoms with van der Waals surface area (Å²) in [6.07, 6.45) is 2.02. The molecule has 0 radical (unpaired) electrons. The second-order valence-corrected chi connectivity index (χ2v) is 6.37. The standard InChI is InChI=1S/C16H17F2N3OS/c17-12-2-1-3-13(18)11(12)8-20-15(22)14-9-23-16(21-14)10-4-6-19-7-5-10/h1-3,9-10,19H,4-8H2,(H,20,22). The molecule has 2 heterocycles. The van der Waals surface area contributed by atoms with Crippen molar-refractivity contribution in [2.24, 2.45) is 0 Å². The van der Waals surface area contributed by atoms with Crippen LogP contribution in [-0.4, -0.2) is 24.0 Å². The van der Waals surface area contributed by atoms with Gasteiger partial charge in [0.25, 0.3) is 5.91 Å². The van der Waals surface area contributed by atoms with Crippen LogP contribution < -0.4 is 10.6 Å². The van der Waals surface area contributed by atoms with Crippen molar-refractivity contribution in [2.45, 2.75) is 25.3 Å². The van der Waals surface area contributed by atoms with Crippen LogP contribution in [0.25, 0.3) is 0 Å². The normalized spacial score (nSPS) is 15.6. The van der Waals surface area contributed by atoms with Crippen LogP contribution in [0.15, 0.2) is 23.6 Å². The summed E-state index contributed by atoms with van der Waals surface area (Å²) in [5, 5.41) is 8.47. The molecule has 0 spiro atoms. The van der Waals surface area contributed by atoms with Crippen LogP contribution in [0.1, 0.15) is 39.8 Å². The number of carbonyl (C=O) groups excluding carboxylic acids is 1. The smallest absolute Gasteiger partial charge is 0.271 e. The van der Waals surface area contributed by atoms with Gasteiger partial charge < -0.3 is 10.6 Å². The number of aromatic nitrogens is 1. The third kappa shape index (κ3) is 3.73. The first-order chi connectivity index (χ1) is 11.1. The molecule has 1 fully saturated rings. The Balaban J connectivity index is 1.63. The molecule has 2 aromatic rings. The number of nitrogens with zero attached hydrogens (tertiary/aromatic N) is 1. The molecule has 122 valence electrons. The van der Waals surface area contributed by atoms with E-state index < -0.39 is 17.5 Å². The molecule has 0 bridgehead atoms. The molecule has 7 heteroatoms. The van der Waals surface area contributed by atoms with Gasteiger partial charge in [0.2, 0.25) is 0 Å². The number of thiazole rings is 1. The third-order valence-corrected chi connectivity index (χ3v) is 4.94. The molecule has 23 heavy (non-hydrogen) atoms. The second-order valence-electron chi connectivity index (χ2n) is 5.48. The highest BCUT2D eigenvalue weighted by Gasteiger charge is 2.20. The van der Waals surface area contributed by atoms with E-state index in [0.29, 0.717) is 11.6 Å². The number of carbonyl (C=O) groups is 1. The van der Waals surface area contributed by atoms with E-state index in [-0.39, 0.29) is 12.1 Å². The van der Waals surface area contributed by atoms with Crippen LogP contribution in [0.3, 0.4) is 0 Å². The lowest BCUT2D eigenvalue weighted by Gasteiger charge is -2.20. The summed E-state index contributed by atoms with van der Waals surface area (Å²) in [6, 6.07) is 3.63. The largest absolute Gasteiger partial charge is 0.346 e. The first-order valence-electron chi connectivity index (χ1n) is 7.52. The van der Waals surface area contributed by atoms with Crippen LogP contribution in [0, 0.1) is 11.6 Å². The number of benzene rings is 1. The number of amides is 1. The van der Waals surface area contributed by atoms with Crippen molar-refractivity contribution < 1.29 is 13.6 Å². The van der Waals surface area contributed by atoms with Crippen molar-refractivity contribution in [3.63, 3.8) is 0 Å². The zero-order chi connectivity index (χ0) is 16.2. The first kappa shape index (κ1) is 16.0. The minimum Gasteiger partial charge on any atom is -0.346 e. The first-order valence-corrected chi connectivity index (χ1v) is 8.40. The molecule has 2 N–H and O–H groups in total. The fourth-order valence-corrected chi connectivity index (χ4v) is 3.58. The minimum absolute atomic E-state index is 0.144. The fraction of sp³-hybridized carbons (Fsp3) is 0.375. The van der Waals surface area contributed by atoms with Gasteiger partial charge in [0.15, 0.2) is 0 Å². The van der Waals surface area contributed by atoms with E-state index >= 15 is 0 Å². The van der Waals surface area contributed by atoms with E-state index in [1.54, 1.807) is 5.38 Å². The van der Waals surface area contributed by atoms with Crippen LogP contribution >= 0.6 is 11.3 Å². The van der Waals surface area contributed by atoms with Gasteiger partial charge in [0.1, 0.15) is 17.3 Å². The molecule has 1 aromatic carbocycles. The number of hydrogen-bond donors (Lipinski definition) is 2. The van der Waals surface area contributed by atoms with E-state index in [4.69, 9.17) is 0 Å². The predicted octanol–water partition coefficient (Wildman–Crippen LogP) is 2.82. The van der Waals surface area contributed by atoms with Gasteiger partial charge in [0.05, 0.1) is 5.01 Å². The number of hydrogen-bond acceptors (Lipinski definition) is 4. The summed E-state index contributed by atoms with van der Waals surface area (Å²) >= 11 is 1.46. The molecule has 0 atom stereocenters. The van der Waals surface area contributed by atoms with Gasteiger partial charge in [-0.1, -0.05) is 6.07 Å². The lowest BCUT2D eigenvalue weighted by Crippen LogP contribution is -2.27. The Bertz CT molecular complexity index is 678. The van der Waals surface area contributed by atoms with Gasteiger partial charge in [0, 0.05) is 23.4 Å². The number of halogens is 2. The van der Waals surface area contributed by atoms with Gasteiger partial charge in [-0.2, -0.15) is 0 Å². The molecule has 3 rings (SSSR count). The van der Waals surface area contributed by atoms with Crippen molar-refractivity contribution in [2.75, 3.05) is 13.1 Å². The van der Waals surface area contributed by atoms with Crippen molar-refractivity contribution in [1.29, 1.82) is 0 Å². The van der Waals surface area contributed by atoms with Gasteiger partial charge in [-0.15, -0.1) is 11.3 Å². The van der Waals surface area contributed by atoms with E-state index in [2.05, 4.69) is 15.6 Å². The molecule has 1 saturated heterocycles. The molecule has 0 saturated carbocycles. The number of nitrogens with one attached hydrogen (secondary N) is 2. The van der Waals surface area contributed by atoms with Crippen molar-refractivity contribution in [1.82, 2.24) is 15.6 Å². The number of rotatable bonds is 4. The van der Waals surface area contributed by atoms with Gasteiger partial charge in [-0.25, -0.2) is 13.8 Å². The van der Waals surface area contributed by atoms with Crippen molar-refractivity contribution in [3.05, 3.63) is 51.5 Å². The molecular formula is C16H17F2N3OS. The molecule has 4 nitrogen and oxygen atoms in total. The molecule has 1 amide bonds. The maximum atomic E-state index is 13.5. The Kier molecular flexibility index (Phi) is 4.97. The van der Waals surface area contributed by atoms with Crippen molar-refractivity contribution >= 4 is 17.2 Å². The maximum Gasteiger partial charge on any atom is 0.271 e. The highest BCUT2D eigenvalue weighted by molar-refractivity contribution is 7.09. The van der Waals surface area contributed by atoms with Gasteiger partial charge >= 0.3 is 0 Å². The fourth-order valence-electron chi connectivity index (χ4n) is 2.61. The van der Waals surface area contributed by atoms with E-state index in [9.17, 15) is 13.6 Å². The summed E-state index contributed by atoms with van der Waals surface area (Å²) in [6.45, 7) is 1.72. The number of piperidine rings is 1. The summed E-state index contributed by atoms with van der Waals surface area (Å²) in [7, 11) is 0. The molecule has 0 unspecified atom stereocenters. The molecule has 1 aromatic heterocycles. The second kappa shape index (κ2) is 7.14. The Labute approximate surface area is 136 Å². The van der Waals surface area contributed by atoms with E-state index in [0.717, 1.165) is 30.9 Å². The van der Waals surface area contributed by atoms with E-state index in [1.165, 1.54) is 29.5 Å². The monoisotopic (exact) mass is 337 g/mol. The summed E-state index contributed by atoms with van der Waals surface area (Å²) in [4.78, 5) is 16.5. The minimum atomic E-state index is -0.668. The predicted molar refractivity (Wildman–Crippen MR) is 84.5 cm³/mol. The Morgan fingerprint density at radius 2 is 2.00 bits per heavy atom. The third-order valence-electron chi connectivity index (χ3n) is 3.93. The Hall–Kier alpha value is -1.86. The lowest BCUT2D eigenvalue weighted by atomic mass is 9.99. The highest BCUT2D eigenvalue weighted by atomic mass is 32.1. The Morgan fingerprint density at radius 1 is 1.30 bits per heavy atom. The molecule has 0 aliphatic carbocycles. The van der Waals surface area contributed by atoms with Crippen LogP contribution in [0.5, 0.6) is 0 Å². The maximum absolute atomic E-state index is 13.5. The molecule has 1 aliphatic heterocycles. The zero-order valence-electron chi connectivity index (χ0n) is 12.4. The topological polar surface area (TPSA) is 54.0 Å². The van der Waals surface area contributed by atoms with Gasteiger partial charge in [-0.05, 0) is 38.1 Å². The lowest BCUT2D eigenvalue weighted by molar-refractivity contribution is 0.0945. The zero-order valence-corrected chi connectivity index (χ0v) is 13.3. The van der Waals surface area contributed by atoms with Crippen LogP contribution in [0.4, 0.5) is 8.78 Å². The average molecular weight is 337 g/mol. The SMILES string of the molecule is O=C(NCc1c(F)cccc1F)c1csc(C2CCNCC2)n1. The molecule has 1 aliphatic rings. The summed E-state index contributed by atoms with van der Waals surface area (Å²) in [5.74, 6) is -1.37. The van der Waals surface area contributed by atoms with Crippen molar-refractivity contribution in [3.8, 4) is 0 Å². The Morgan fingerprint density at radius 3 is 2.70 bits per heavy atom. The van der Waals surface area contributed by atoms with Crippen LogP contribution in [-0.2, 0) is 6.54 Å². The van der Waals surface area contributed by atoms with Gasteiger partial charge in [-0.3, -0.25) is 4.79 Å². The summed E-state index contributed by atoms with van der Waals surface area (Å²) < 4.78 is 27.1. The molecular weight excluding hydrogens is 320 g/mol. The average Bonchev–Trinajstić information content (AvgIpc) is 3.05. The van der Waals surface area contributed by atoms with E-state index in [1.807, 2.05) is 0 Å². The summed E-state index contributed by atoms with van der Waals surface area (Å²) in [5.41, 5.74) is 0.162. The highest BCUT2D eigenvalue weighted by Crippen LogP contribution is 2.27. The quantitative estimate of drug-likeness (QED) is 0.902.